The van der Waals surface area contributed by atoms with Crippen molar-refractivity contribution < 1.29 is 27.4 Å². The molecule has 0 radical (unpaired) electrons. The Morgan fingerprint density at radius 2 is 1.72 bits per heavy atom. The number of hydrogen-bond donors (Lipinski definition) is 1. The minimum Gasteiger partial charge on any atom is -0.507 e. The number of alkyl halides is 3. The molecule has 1 N–H and O–H groups in total. The van der Waals surface area contributed by atoms with E-state index in [1.807, 2.05) is 6.07 Å². The predicted molar refractivity (Wildman–Crippen MR) is 103 cm³/mol. The zero-order valence-corrected chi connectivity index (χ0v) is 16.3. The Kier molecular flexibility index (Phi) is 5.32. The normalized spacial score (nSPS) is 12.0. The molecule has 3 rings (SSSR count). The van der Waals surface area contributed by atoms with Crippen LogP contribution in [0.3, 0.4) is 0 Å². The molecule has 0 aliphatic heterocycles. The lowest BCUT2D eigenvalue weighted by molar-refractivity contribution is -0.154. The number of nitrogens with zero attached hydrogens (tertiary/aromatic N) is 1. The van der Waals surface area contributed by atoms with Crippen LogP contribution in [0.15, 0.2) is 39.5 Å². The summed E-state index contributed by atoms with van der Waals surface area (Å²) in [6.07, 6.45) is -4.97. The minimum atomic E-state index is -4.97. The molecular weight excluding hydrogens is 387 g/mol. The Morgan fingerprint density at radius 1 is 1.10 bits per heavy atom. The van der Waals surface area contributed by atoms with E-state index in [1.54, 1.807) is 32.8 Å². The second-order valence-electron chi connectivity index (χ2n) is 7.19. The number of hydrogen-bond acceptors (Lipinski definition) is 5. The number of rotatable bonds is 4. The first kappa shape index (κ1) is 20.7. The summed E-state index contributed by atoms with van der Waals surface area (Å²) in [5, 5.41) is 10.0. The summed E-state index contributed by atoms with van der Waals surface area (Å²) in [6, 6.07) is 7.38. The number of ether oxygens (including phenoxy) is 1. The molecule has 2 aromatic carbocycles. The van der Waals surface area contributed by atoms with Crippen LogP contribution in [0.5, 0.6) is 17.2 Å². The fraction of sp³-hybridized carbons (Fsp3) is 0.286. The number of benzene rings is 2. The van der Waals surface area contributed by atoms with Gasteiger partial charge in [-0.25, -0.2) is 0 Å². The fourth-order valence-corrected chi connectivity index (χ4v) is 3.14. The lowest BCUT2D eigenvalue weighted by atomic mass is 10.1. The first-order chi connectivity index (χ1) is 13.5. The van der Waals surface area contributed by atoms with Crippen LogP contribution in [0.25, 0.3) is 11.0 Å². The van der Waals surface area contributed by atoms with Gasteiger partial charge >= 0.3 is 6.18 Å². The van der Waals surface area contributed by atoms with Gasteiger partial charge in [0.2, 0.25) is 11.2 Å². The van der Waals surface area contributed by atoms with E-state index in [0.717, 1.165) is 11.1 Å². The van der Waals surface area contributed by atoms with Gasteiger partial charge < -0.3 is 19.2 Å². The summed E-state index contributed by atoms with van der Waals surface area (Å²) in [5.41, 5.74) is 0.364. The Labute approximate surface area is 164 Å². The van der Waals surface area contributed by atoms with E-state index in [2.05, 4.69) is 0 Å². The van der Waals surface area contributed by atoms with Gasteiger partial charge in [-0.1, -0.05) is 6.07 Å². The average molecular weight is 407 g/mol. The summed E-state index contributed by atoms with van der Waals surface area (Å²) < 4.78 is 51.7. The lowest BCUT2D eigenvalue weighted by Gasteiger charge is -2.17. The number of aryl methyl sites for hydroxylation is 2. The van der Waals surface area contributed by atoms with Crippen molar-refractivity contribution in [3.8, 4) is 17.2 Å². The molecule has 8 heteroatoms. The number of phenols is 1. The molecule has 0 bridgehead atoms. The second kappa shape index (κ2) is 7.44. The van der Waals surface area contributed by atoms with Crippen LogP contribution >= 0.6 is 0 Å². The van der Waals surface area contributed by atoms with E-state index in [1.165, 1.54) is 24.3 Å². The molecule has 0 amide bonds. The van der Waals surface area contributed by atoms with Crippen LogP contribution < -0.4 is 10.2 Å². The van der Waals surface area contributed by atoms with Gasteiger partial charge in [-0.3, -0.25) is 4.79 Å². The summed E-state index contributed by atoms with van der Waals surface area (Å²) in [6.45, 7) is 3.62. The van der Waals surface area contributed by atoms with Crippen LogP contribution in [0.1, 0.15) is 22.5 Å². The van der Waals surface area contributed by atoms with Gasteiger partial charge in [-0.05, 0) is 63.3 Å². The summed E-state index contributed by atoms with van der Waals surface area (Å²) in [4.78, 5) is 14.6. The standard InChI is InChI=1S/C21H20F3NO4/c1-11-7-12(2)9-13(8-11)28-19-17(27)14-5-6-16(26)15(10-25(3)4)18(14)29-20(19)21(22,23)24/h5-9,26H,10H2,1-4H3. The molecule has 5 nitrogen and oxygen atoms in total. The largest absolute Gasteiger partial charge is 0.507 e. The molecule has 1 heterocycles. The van der Waals surface area contributed by atoms with E-state index in [-0.39, 0.29) is 34.6 Å². The molecule has 0 fully saturated rings. The summed E-state index contributed by atoms with van der Waals surface area (Å²) >= 11 is 0. The van der Waals surface area contributed by atoms with Crippen molar-refractivity contribution in [3.05, 3.63) is 63.0 Å². The molecule has 0 spiro atoms. The monoisotopic (exact) mass is 407 g/mol. The quantitative estimate of drug-likeness (QED) is 0.660. The highest BCUT2D eigenvalue weighted by Gasteiger charge is 2.41. The molecule has 29 heavy (non-hydrogen) atoms. The van der Waals surface area contributed by atoms with Gasteiger partial charge in [-0.2, -0.15) is 13.2 Å². The molecule has 0 atom stereocenters. The summed E-state index contributed by atoms with van der Waals surface area (Å²) in [7, 11) is 3.36. The lowest BCUT2D eigenvalue weighted by Crippen LogP contribution is -2.17. The van der Waals surface area contributed by atoms with Crippen molar-refractivity contribution in [2.45, 2.75) is 26.6 Å². The maximum absolute atomic E-state index is 13.7. The number of fused-ring (bicyclic) bond motifs is 1. The molecule has 154 valence electrons. The maximum atomic E-state index is 13.7. The Bertz CT molecular complexity index is 1110. The highest BCUT2D eigenvalue weighted by atomic mass is 19.4. The Morgan fingerprint density at radius 3 is 2.28 bits per heavy atom. The zero-order valence-electron chi connectivity index (χ0n) is 16.3. The number of aromatic hydroxyl groups is 1. The van der Waals surface area contributed by atoms with Gasteiger partial charge in [0.05, 0.1) is 10.9 Å². The van der Waals surface area contributed by atoms with Crippen LogP contribution in [-0.2, 0) is 12.7 Å². The van der Waals surface area contributed by atoms with Gasteiger partial charge in [0, 0.05) is 6.54 Å². The Hall–Kier alpha value is -3.00. The summed E-state index contributed by atoms with van der Waals surface area (Å²) in [5.74, 6) is -2.63. The number of halogens is 3. The van der Waals surface area contributed by atoms with Crippen molar-refractivity contribution in [2.24, 2.45) is 0 Å². The van der Waals surface area contributed by atoms with Crippen molar-refractivity contribution in [1.29, 1.82) is 0 Å². The van der Waals surface area contributed by atoms with E-state index in [9.17, 15) is 23.1 Å². The third kappa shape index (κ3) is 4.22. The van der Waals surface area contributed by atoms with Crippen LogP contribution in [0.4, 0.5) is 13.2 Å². The second-order valence-corrected chi connectivity index (χ2v) is 7.19. The Balaban J connectivity index is 2.31. The zero-order chi connectivity index (χ0) is 21.5. The topological polar surface area (TPSA) is 62.9 Å². The SMILES string of the molecule is Cc1cc(C)cc(Oc2c(C(F)(F)F)oc3c(CN(C)C)c(O)ccc3c2=O)c1. The van der Waals surface area contributed by atoms with E-state index >= 15 is 0 Å². The van der Waals surface area contributed by atoms with Crippen molar-refractivity contribution in [1.82, 2.24) is 4.90 Å². The smallest absolute Gasteiger partial charge is 0.453 e. The predicted octanol–water partition coefficient (Wildman–Crippen LogP) is 4.99. The van der Waals surface area contributed by atoms with Gasteiger partial charge in [0.25, 0.3) is 5.76 Å². The van der Waals surface area contributed by atoms with Crippen molar-refractivity contribution in [3.63, 3.8) is 0 Å². The molecule has 0 unspecified atom stereocenters. The average Bonchev–Trinajstić information content (AvgIpc) is 2.57. The van der Waals surface area contributed by atoms with Gasteiger partial charge in [0.1, 0.15) is 17.1 Å². The third-order valence-electron chi connectivity index (χ3n) is 4.24. The first-order valence-corrected chi connectivity index (χ1v) is 8.77. The molecular formula is C21H20F3NO4. The van der Waals surface area contributed by atoms with Crippen molar-refractivity contribution in [2.75, 3.05) is 14.1 Å². The molecule has 0 aliphatic rings. The highest BCUT2D eigenvalue weighted by molar-refractivity contribution is 5.83. The van der Waals surface area contributed by atoms with E-state index < -0.39 is 23.1 Å². The molecule has 0 saturated carbocycles. The fourth-order valence-electron chi connectivity index (χ4n) is 3.14. The van der Waals surface area contributed by atoms with Crippen LogP contribution in [-0.4, -0.2) is 24.1 Å². The van der Waals surface area contributed by atoms with Gasteiger partial charge in [0.15, 0.2) is 0 Å². The van der Waals surface area contributed by atoms with Crippen LogP contribution in [0.2, 0.25) is 0 Å². The molecule has 0 saturated heterocycles. The van der Waals surface area contributed by atoms with Crippen molar-refractivity contribution >= 4 is 11.0 Å². The molecule has 3 aromatic rings. The van der Waals surface area contributed by atoms with E-state index in [0.29, 0.717) is 0 Å². The first-order valence-electron chi connectivity index (χ1n) is 8.77. The van der Waals surface area contributed by atoms with Crippen LogP contribution in [0, 0.1) is 13.8 Å². The number of phenolic OH excluding ortho intramolecular Hbond substituents is 1. The molecule has 0 aliphatic carbocycles. The third-order valence-corrected chi connectivity index (χ3v) is 4.24. The highest BCUT2D eigenvalue weighted by Crippen LogP contribution is 2.40. The molecule has 1 aromatic heterocycles. The minimum absolute atomic E-state index is 0.0840. The van der Waals surface area contributed by atoms with E-state index in [4.69, 9.17) is 9.15 Å². The van der Waals surface area contributed by atoms with Gasteiger partial charge in [-0.15, -0.1) is 0 Å². The maximum Gasteiger partial charge on any atom is 0.453 e.